The van der Waals surface area contributed by atoms with Gasteiger partial charge in [-0.3, -0.25) is 4.79 Å². The second kappa shape index (κ2) is 10.4. The van der Waals surface area contributed by atoms with Crippen LogP contribution in [0.3, 0.4) is 0 Å². The van der Waals surface area contributed by atoms with Gasteiger partial charge in [-0.25, -0.2) is 14.5 Å². The van der Waals surface area contributed by atoms with Crippen LogP contribution < -0.4 is 4.74 Å². The Morgan fingerprint density at radius 2 is 2.12 bits per heavy atom. The number of amides is 1. The monoisotopic (exact) mass is 447 g/mol. The molecule has 3 heterocycles. The molecule has 1 fully saturated rings. The van der Waals surface area contributed by atoms with E-state index in [1.807, 2.05) is 6.92 Å². The van der Waals surface area contributed by atoms with Crippen LogP contribution in [0.5, 0.6) is 5.75 Å². The van der Waals surface area contributed by atoms with Crippen molar-refractivity contribution in [1.29, 1.82) is 0 Å². The summed E-state index contributed by atoms with van der Waals surface area (Å²) < 4.78 is 18.3. The number of nitrogens with zero attached hydrogens (tertiary/aromatic N) is 5. The van der Waals surface area contributed by atoms with Crippen molar-refractivity contribution < 1.29 is 28.9 Å². The topological polar surface area (TPSA) is 129 Å². The fourth-order valence-corrected chi connectivity index (χ4v) is 3.44. The minimum Gasteiger partial charge on any atom is -0.486 e. The Morgan fingerprint density at radius 1 is 1.34 bits per heavy atom. The quantitative estimate of drug-likeness (QED) is 0.646. The summed E-state index contributed by atoms with van der Waals surface area (Å²) in [7, 11) is 3.41. The molecule has 1 aliphatic rings. The molecule has 2 aromatic heterocycles. The number of rotatable bonds is 8. The number of hydrogen-bond acceptors (Lipinski definition) is 8. The molecule has 3 rings (SSSR count). The highest BCUT2D eigenvalue weighted by Crippen LogP contribution is 2.27. The lowest BCUT2D eigenvalue weighted by Gasteiger charge is -2.27. The number of carbonyl (C=O) groups excluding carboxylic acids is 1. The molecule has 0 saturated carbocycles. The molecule has 1 aliphatic heterocycles. The van der Waals surface area contributed by atoms with Crippen molar-refractivity contribution in [3.63, 3.8) is 0 Å². The summed E-state index contributed by atoms with van der Waals surface area (Å²) >= 11 is 0. The number of carboxylic acids is 1. The van der Waals surface area contributed by atoms with E-state index < -0.39 is 18.0 Å². The van der Waals surface area contributed by atoms with E-state index in [9.17, 15) is 14.7 Å². The zero-order chi connectivity index (χ0) is 23.3. The molecule has 1 saturated heterocycles. The number of hydrogen-bond donors (Lipinski definition) is 1. The Bertz CT molecular complexity index is 962. The lowest BCUT2D eigenvalue weighted by molar-refractivity contribution is -0.149. The number of ether oxygens (including phenoxy) is 3. The third-order valence-corrected chi connectivity index (χ3v) is 5.24. The minimum atomic E-state index is -0.889. The van der Waals surface area contributed by atoms with Crippen molar-refractivity contribution in [3.8, 4) is 17.1 Å². The van der Waals surface area contributed by atoms with Gasteiger partial charge < -0.3 is 24.2 Å². The van der Waals surface area contributed by atoms with E-state index in [0.717, 1.165) is 6.42 Å². The Kier molecular flexibility index (Phi) is 7.62. The van der Waals surface area contributed by atoms with Crippen LogP contribution in [0.2, 0.25) is 0 Å². The van der Waals surface area contributed by atoms with Gasteiger partial charge in [0.15, 0.2) is 0 Å². The highest BCUT2D eigenvalue weighted by atomic mass is 16.6. The zero-order valence-electron chi connectivity index (χ0n) is 18.8. The molecule has 2 aromatic rings. The molecular formula is C21H29N5O6. The van der Waals surface area contributed by atoms with Crippen molar-refractivity contribution >= 4 is 12.1 Å². The van der Waals surface area contributed by atoms with Crippen molar-refractivity contribution in [1.82, 2.24) is 24.9 Å². The van der Waals surface area contributed by atoms with Crippen LogP contribution in [0, 0.1) is 12.8 Å². The van der Waals surface area contributed by atoms with Gasteiger partial charge in [-0.05, 0) is 25.5 Å². The van der Waals surface area contributed by atoms with Gasteiger partial charge in [-0.2, -0.15) is 0 Å². The van der Waals surface area contributed by atoms with Crippen LogP contribution in [0.1, 0.15) is 31.2 Å². The Labute approximate surface area is 186 Å². The van der Waals surface area contributed by atoms with E-state index in [0.29, 0.717) is 48.1 Å². The van der Waals surface area contributed by atoms with Crippen molar-refractivity contribution in [2.75, 3.05) is 26.8 Å². The van der Waals surface area contributed by atoms with Gasteiger partial charge in [-0.15, -0.1) is 5.10 Å². The minimum absolute atomic E-state index is 0.0146. The Balaban J connectivity index is 1.71. The second-order valence-electron chi connectivity index (χ2n) is 7.81. The molecular weight excluding hydrogens is 418 g/mol. The summed E-state index contributed by atoms with van der Waals surface area (Å²) in [4.78, 5) is 29.4. The summed E-state index contributed by atoms with van der Waals surface area (Å²) in [5.74, 6) is -0.922. The molecule has 11 heteroatoms. The smallest absolute Gasteiger partial charge is 0.409 e. The van der Waals surface area contributed by atoms with Crippen molar-refractivity contribution in [2.45, 2.75) is 39.4 Å². The highest BCUT2D eigenvalue weighted by molar-refractivity contribution is 5.70. The average Bonchev–Trinajstić information content (AvgIpc) is 3.14. The van der Waals surface area contributed by atoms with E-state index in [-0.39, 0.29) is 19.3 Å². The maximum absolute atomic E-state index is 12.1. The Hall–Kier alpha value is -3.21. The molecule has 0 aromatic carbocycles. The van der Waals surface area contributed by atoms with Gasteiger partial charge in [0.25, 0.3) is 0 Å². The lowest BCUT2D eigenvalue weighted by Crippen LogP contribution is -2.37. The van der Waals surface area contributed by atoms with Gasteiger partial charge in [0.05, 0.1) is 30.5 Å². The standard InChI is InChI=1S/C21H29N5O6/c1-5-8-25(3)21(29)31-12-17-19(23-24-26(17)4)16-6-7-18(13(2)22-16)32-15-9-14(20(27)28)10-30-11-15/h6-7,14-15H,5,8-12H2,1-4H3,(H,27,28)/t14-,15-/m0/s1. The molecule has 0 radical (unpaired) electrons. The molecule has 0 aliphatic carbocycles. The van der Waals surface area contributed by atoms with Gasteiger partial charge >= 0.3 is 12.1 Å². The van der Waals surface area contributed by atoms with Crippen LogP contribution in [0.25, 0.3) is 11.4 Å². The first kappa shape index (κ1) is 23.5. The number of aryl methyl sites for hydroxylation is 2. The molecule has 11 nitrogen and oxygen atoms in total. The zero-order valence-corrected chi connectivity index (χ0v) is 18.8. The molecule has 32 heavy (non-hydrogen) atoms. The van der Waals surface area contributed by atoms with Crippen LogP contribution >= 0.6 is 0 Å². The highest BCUT2D eigenvalue weighted by Gasteiger charge is 2.29. The average molecular weight is 447 g/mol. The van der Waals surface area contributed by atoms with E-state index >= 15 is 0 Å². The normalized spacial score (nSPS) is 18.2. The largest absolute Gasteiger partial charge is 0.486 e. The van der Waals surface area contributed by atoms with Crippen LogP contribution in [0.4, 0.5) is 4.79 Å². The van der Waals surface area contributed by atoms with Crippen LogP contribution in [-0.2, 0) is 27.9 Å². The fraction of sp³-hybridized carbons (Fsp3) is 0.571. The van der Waals surface area contributed by atoms with E-state index in [1.54, 1.807) is 37.8 Å². The number of aliphatic carboxylic acids is 1. The Morgan fingerprint density at radius 3 is 2.81 bits per heavy atom. The van der Waals surface area contributed by atoms with Crippen molar-refractivity contribution in [2.24, 2.45) is 13.0 Å². The number of aromatic nitrogens is 4. The first-order chi connectivity index (χ1) is 15.3. The summed E-state index contributed by atoms with van der Waals surface area (Å²) in [5, 5.41) is 17.4. The van der Waals surface area contributed by atoms with E-state index in [2.05, 4.69) is 15.3 Å². The van der Waals surface area contributed by atoms with Gasteiger partial charge in [0, 0.05) is 27.1 Å². The molecule has 0 unspecified atom stereocenters. The van der Waals surface area contributed by atoms with Gasteiger partial charge in [0.1, 0.15) is 29.8 Å². The summed E-state index contributed by atoms with van der Waals surface area (Å²) in [6.07, 6.45) is 0.443. The van der Waals surface area contributed by atoms with E-state index in [1.165, 1.54) is 4.90 Å². The van der Waals surface area contributed by atoms with Gasteiger partial charge in [0.2, 0.25) is 0 Å². The van der Waals surface area contributed by atoms with E-state index in [4.69, 9.17) is 14.2 Å². The number of pyridine rings is 1. The maximum atomic E-state index is 12.1. The van der Waals surface area contributed by atoms with Crippen LogP contribution in [0.15, 0.2) is 12.1 Å². The maximum Gasteiger partial charge on any atom is 0.409 e. The molecule has 1 N–H and O–H groups in total. The summed E-state index contributed by atoms with van der Waals surface area (Å²) in [6, 6.07) is 3.51. The predicted molar refractivity (Wildman–Crippen MR) is 113 cm³/mol. The number of carboxylic acid groups (broad SMARTS) is 1. The summed E-state index contributed by atoms with van der Waals surface area (Å²) in [6.45, 7) is 4.93. The number of carbonyl (C=O) groups is 2. The molecule has 0 bridgehead atoms. The molecule has 1 amide bonds. The second-order valence-corrected chi connectivity index (χ2v) is 7.81. The van der Waals surface area contributed by atoms with Crippen LogP contribution in [-0.4, -0.2) is 75.0 Å². The van der Waals surface area contributed by atoms with Gasteiger partial charge in [-0.1, -0.05) is 12.1 Å². The molecule has 2 atom stereocenters. The molecule has 174 valence electrons. The third-order valence-electron chi connectivity index (χ3n) is 5.24. The first-order valence-electron chi connectivity index (χ1n) is 10.5. The predicted octanol–water partition coefficient (Wildman–Crippen LogP) is 2.03. The fourth-order valence-electron chi connectivity index (χ4n) is 3.44. The summed E-state index contributed by atoms with van der Waals surface area (Å²) in [5.41, 5.74) is 2.32. The third kappa shape index (κ3) is 5.52. The first-order valence-corrected chi connectivity index (χ1v) is 10.5. The van der Waals surface area contributed by atoms with Crippen molar-refractivity contribution in [3.05, 3.63) is 23.5 Å². The molecule has 0 spiro atoms. The lowest BCUT2D eigenvalue weighted by atomic mass is 10.0. The SMILES string of the molecule is CCCN(C)C(=O)OCc1c(-c2ccc(O[C@@H]3COC[C@@H](C(=O)O)C3)c(C)n2)nnn1C.